The monoisotopic (exact) mass is 357 g/mol. The van der Waals surface area contributed by atoms with Crippen molar-refractivity contribution in [2.45, 2.75) is 45.7 Å². The fraction of sp³-hybridized carbons (Fsp3) is 0.579. The third-order valence-corrected chi connectivity index (χ3v) is 5.21. The van der Waals surface area contributed by atoms with Crippen LogP contribution in [0.15, 0.2) is 34.2 Å². The maximum atomic E-state index is 12.3. The Morgan fingerprint density at radius 2 is 1.92 bits per heavy atom. The van der Waals surface area contributed by atoms with Crippen molar-refractivity contribution in [2.24, 2.45) is 13.0 Å². The smallest absolute Gasteiger partial charge is 0.299 e. The third-order valence-electron chi connectivity index (χ3n) is 5.21. The van der Waals surface area contributed by atoms with E-state index in [9.17, 15) is 9.59 Å². The number of hydrogen-bond donors (Lipinski definition) is 0. The van der Waals surface area contributed by atoms with Gasteiger partial charge in [0.05, 0.1) is 12.0 Å². The lowest BCUT2D eigenvalue weighted by Crippen LogP contribution is -2.37. The highest BCUT2D eigenvalue weighted by Crippen LogP contribution is 2.20. The summed E-state index contributed by atoms with van der Waals surface area (Å²) in [5.74, 6) is 0.752. The zero-order valence-electron chi connectivity index (χ0n) is 15.8. The molecule has 26 heavy (non-hydrogen) atoms. The molecule has 0 radical (unpaired) electrons. The predicted molar refractivity (Wildman–Crippen MR) is 100 cm³/mol. The molecular weight excluding hydrogens is 330 g/mol. The van der Waals surface area contributed by atoms with Crippen molar-refractivity contribution in [1.82, 2.24) is 24.0 Å². The van der Waals surface area contributed by atoms with Crippen molar-refractivity contribution in [3.05, 3.63) is 56.9 Å². The molecule has 2 aromatic heterocycles. The van der Waals surface area contributed by atoms with Crippen LogP contribution in [0.4, 0.5) is 0 Å². The highest BCUT2D eigenvalue weighted by atomic mass is 16.1. The van der Waals surface area contributed by atoms with E-state index in [-0.39, 0.29) is 17.2 Å². The SMILES string of the molecule is CC(C)c1cc(=O)n(CC2CCN(Cc3ccnc(=O)n3C)CC2)cn1. The number of hydrogen-bond acceptors (Lipinski definition) is 5. The summed E-state index contributed by atoms with van der Waals surface area (Å²) in [4.78, 5) is 34.4. The number of aromatic nitrogens is 4. The molecule has 0 spiro atoms. The van der Waals surface area contributed by atoms with Crippen molar-refractivity contribution in [3.8, 4) is 0 Å². The van der Waals surface area contributed by atoms with E-state index in [2.05, 4.69) is 14.9 Å². The maximum absolute atomic E-state index is 12.3. The third kappa shape index (κ3) is 4.27. The fourth-order valence-corrected chi connectivity index (χ4v) is 3.39. The van der Waals surface area contributed by atoms with Gasteiger partial charge >= 0.3 is 5.69 Å². The highest BCUT2D eigenvalue weighted by molar-refractivity contribution is 5.04. The second-order valence-corrected chi connectivity index (χ2v) is 7.46. The molecule has 140 valence electrons. The first-order valence-electron chi connectivity index (χ1n) is 9.23. The molecule has 0 atom stereocenters. The molecule has 1 fully saturated rings. The van der Waals surface area contributed by atoms with Crippen LogP contribution in [0.5, 0.6) is 0 Å². The van der Waals surface area contributed by atoms with Gasteiger partial charge in [-0.05, 0) is 43.8 Å². The summed E-state index contributed by atoms with van der Waals surface area (Å²) in [6, 6.07) is 3.55. The molecule has 0 N–H and O–H groups in total. The summed E-state index contributed by atoms with van der Waals surface area (Å²) >= 11 is 0. The second-order valence-electron chi connectivity index (χ2n) is 7.46. The molecule has 7 heteroatoms. The first-order chi connectivity index (χ1) is 12.4. The van der Waals surface area contributed by atoms with Crippen molar-refractivity contribution in [3.63, 3.8) is 0 Å². The Morgan fingerprint density at radius 3 is 2.58 bits per heavy atom. The first-order valence-corrected chi connectivity index (χ1v) is 9.23. The van der Waals surface area contributed by atoms with Gasteiger partial charge in [0.2, 0.25) is 0 Å². The summed E-state index contributed by atoms with van der Waals surface area (Å²) in [6.07, 6.45) is 5.34. The minimum Gasteiger partial charge on any atom is -0.299 e. The molecule has 1 saturated heterocycles. The van der Waals surface area contributed by atoms with Gasteiger partial charge in [-0.25, -0.2) is 14.8 Å². The molecule has 1 aliphatic heterocycles. The van der Waals surface area contributed by atoms with Crippen LogP contribution >= 0.6 is 0 Å². The largest absolute Gasteiger partial charge is 0.347 e. The van der Waals surface area contributed by atoms with Gasteiger partial charge in [-0.1, -0.05) is 13.8 Å². The number of rotatable bonds is 5. The van der Waals surface area contributed by atoms with E-state index < -0.39 is 0 Å². The van der Waals surface area contributed by atoms with Crippen LogP contribution in [0.3, 0.4) is 0 Å². The second kappa shape index (κ2) is 7.95. The minimum atomic E-state index is -0.214. The fourth-order valence-electron chi connectivity index (χ4n) is 3.39. The number of nitrogens with zero attached hydrogens (tertiary/aromatic N) is 5. The zero-order valence-corrected chi connectivity index (χ0v) is 15.8. The van der Waals surface area contributed by atoms with Gasteiger partial charge in [-0.2, -0.15) is 0 Å². The van der Waals surface area contributed by atoms with E-state index in [1.165, 1.54) is 0 Å². The average Bonchev–Trinajstić information content (AvgIpc) is 2.62. The Morgan fingerprint density at radius 1 is 1.19 bits per heavy atom. The van der Waals surface area contributed by atoms with Crippen molar-refractivity contribution in [1.29, 1.82) is 0 Å². The van der Waals surface area contributed by atoms with Gasteiger partial charge in [-0.3, -0.25) is 18.8 Å². The lowest BCUT2D eigenvalue weighted by molar-refractivity contribution is 0.163. The van der Waals surface area contributed by atoms with Crippen molar-refractivity contribution in [2.75, 3.05) is 13.1 Å². The predicted octanol–water partition coefficient (Wildman–Crippen LogP) is 1.37. The first kappa shape index (κ1) is 18.5. The summed E-state index contributed by atoms with van der Waals surface area (Å²) in [7, 11) is 1.76. The van der Waals surface area contributed by atoms with Crippen LogP contribution in [0, 0.1) is 5.92 Å². The van der Waals surface area contributed by atoms with E-state index in [0.29, 0.717) is 5.92 Å². The average molecular weight is 357 g/mol. The molecule has 0 aromatic carbocycles. The van der Waals surface area contributed by atoms with Crippen LogP contribution in [-0.2, 0) is 20.1 Å². The van der Waals surface area contributed by atoms with Crippen molar-refractivity contribution >= 4 is 0 Å². The molecular formula is C19H27N5O2. The molecule has 0 aliphatic carbocycles. The molecule has 2 aromatic rings. The molecule has 0 saturated carbocycles. The topological polar surface area (TPSA) is 73.0 Å². The van der Waals surface area contributed by atoms with Gasteiger partial charge in [-0.15, -0.1) is 0 Å². The summed E-state index contributed by atoms with van der Waals surface area (Å²) < 4.78 is 3.34. The van der Waals surface area contributed by atoms with E-state index >= 15 is 0 Å². The Balaban J connectivity index is 1.56. The Labute approximate surface area is 153 Å². The van der Waals surface area contributed by atoms with Crippen LogP contribution in [0.25, 0.3) is 0 Å². The van der Waals surface area contributed by atoms with Crippen LogP contribution in [-0.4, -0.2) is 37.1 Å². The highest BCUT2D eigenvalue weighted by Gasteiger charge is 2.21. The summed E-state index contributed by atoms with van der Waals surface area (Å²) in [5, 5.41) is 0. The van der Waals surface area contributed by atoms with Crippen LogP contribution < -0.4 is 11.2 Å². The molecule has 0 unspecified atom stereocenters. The molecule has 7 nitrogen and oxygen atoms in total. The van der Waals surface area contributed by atoms with Gasteiger partial charge in [0.25, 0.3) is 5.56 Å². The maximum Gasteiger partial charge on any atom is 0.347 e. The summed E-state index contributed by atoms with van der Waals surface area (Å²) in [6.45, 7) is 7.50. The van der Waals surface area contributed by atoms with Gasteiger partial charge < -0.3 is 0 Å². The quantitative estimate of drug-likeness (QED) is 0.808. The lowest BCUT2D eigenvalue weighted by atomic mass is 9.96. The number of likely N-dealkylation sites (tertiary alicyclic amines) is 1. The zero-order chi connectivity index (χ0) is 18.7. The summed E-state index contributed by atoms with van der Waals surface area (Å²) in [5.41, 5.74) is 1.66. The molecule has 3 heterocycles. The minimum absolute atomic E-state index is 0.0397. The van der Waals surface area contributed by atoms with E-state index in [1.807, 2.05) is 19.9 Å². The molecule has 0 amide bonds. The van der Waals surface area contributed by atoms with Crippen LogP contribution in [0.1, 0.15) is 44.0 Å². The normalized spacial score (nSPS) is 16.3. The van der Waals surface area contributed by atoms with Gasteiger partial charge in [0, 0.05) is 38.1 Å². The standard InChI is InChI=1S/C19H27N5O2/c1-14(2)17-10-18(25)24(13-21-17)11-15-5-8-23(9-6-15)12-16-4-7-20-19(26)22(16)3/h4,7,10,13-15H,5-6,8-9,11-12H2,1-3H3. The lowest BCUT2D eigenvalue weighted by Gasteiger charge is -2.32. The van der Waals surface area contributed by atoms with E-state index in [4.69, 9.17) is 0 Å². The van der Waals surface area contributed by atoms with Gasteiger partial charge in [0.1, 0.15) is 0 Å². The molecule has 3 rings (SSSR count). The molecule has 0 bridgehead atoms. The van der Waals surface area contributed by atoms with E-state index in [1.54, 1.807) is 34.8 Å². The Bertz CT molecular complexity index is 863. The van der Waals surface area contributed by atoms with Crippen LogP contribution in [0.2, 0.25) is 0 Å². The van der Waals surface area contributed by atoms with Gasteiger partial charge in [0.15, 0.2) is 0 Å². The Kier molecular flexibility index (Phi) is 5.66. The Hall–Kier alpha value is -2.28. The number of piperidine rings is 1. The molecule has 1 aliphatic rings. The van der Waals surface area contributed by atoms with Crippen molar-refractivity contribution < 1.29 is 0 Å². The van der Waals surface area contributed by atoms with E-state index in [0.717, 1.165) is 50.4 Å².